The molecule has 11 heteroatoms. The van der Waals surface area contributed by atoms with Gasteiger partial charge in [0.25, 0.3) is 0 Å². The number of hydrogen-bond acceptors (Lipinski definition) is 7. The molecule has 3 heterocycles. The number of hydrogen-bond donors (Lipinski definition) is 3. The molecule has 0 bridgehead atoms. The zero-order valence-electron chi connectivity index (χ0n) is 17.9. The van der Waals surface area contributed by atoms with E-state index >= 15 is 0 Å². The molecule has 1 unspecified atom stereocenters. The van der Waals surface area contributed by atoms with Crippen LogP contribution >= 0.6 is 23.6 Å². The number of aryl methyl sites for hydroxylation is 1. The molecule has 4 rings (SSSR count). The van der Waals surface area contributed by atoms with Gasteiger partial charge in [0, 0.05) is 6.54 Å². The van der Waals surface area contributed by atoms with Gasteiger partial charge in [0.1, 0.15) is 23.5 Å². The van der Waals surface area contributed by atoms with Crippen LogP contribution in [0.2, 0.25) is 0 Å². The number of nitriles is 1. The Hall–Kier alpha value is -3.75. The molecular weight excluding hydrogens is 456 g/mol. The van der Waals surface area contributed by atoms with Gasteiger partial charge in [-0.2, -0.15) is 15.5 Å². The maximum atomic E-state index is 12.8. The molecular formula is C22H22N8OS2. The summed E-state index contributed by atoms with van der Waals surface area (Å²) in [5, 5.41) is 26.0. The maximum Gasteiger partial charge on any atom is 0.242 e. The molecule has 0 saturated carbocycles. The Morgan fingerprint density at radius 3 is 2.82 bits per heavy atom. The van der Waals surface area contributed by atoms with Crippen LogP contribution in [0, 0.1) is 16.1 Å². The number of carbonyl (C=O) groups excluding carboxylic acids is 1. The average Bonchev–Trinajstić information content (AvgIpc) is 3.55. The van der Waals surface area contributed by atoms with Crippen LogP contribution in [0.5, 0.6) is 0 Å². The van der Waals surface area contributed by atoms with E-state index in [1.807, 2.05) is 47.8 Å². The predicted molar refractivity (Wildman–Crippen MR) is 129 cm³/mol. The third-order valence-corrected chi connectivity index (χ3v) is 6.36. The quantitative estimate of drug-likeness (QED) is 0.262. The van der Waals surface area contributed by atoms with Gasteiger partial charge < -0.3 is 11.1 Å². The predicted octanol–water partition coefficient (Wildman–Crippen LogP) is 3.62. The van der Waals surface area contributed by atoms with E-state index in [1.54, 1.807) is 16.2 Å². The summed E-state index contributed by atoms with van der Waals surface area (Å²) in [6.07, 6.45) is 1.11. The van der Waals surface area contributed by atoms with E-state index in [2.05, 4.69) is 26.7 Å². The largest absolute Gasteiger partial charge is 0.382 e. The van der Waals surface area contributed by atoms with Gasteiger partial charge in [0.15, 0.2) is 10.6 Å². The lowest BCUT2D eigenvalue weighted by Gasteiger charge is -2.15. The number of nitrogens with two attached hydrogens (primary N) is 1. The summed E-state index contributed by atoms with van der Waals surface area (Å²) in [5.74, 6) is 0.783. The van der Waals surface area contributed by atoms with Crippen molar-refractivity contribution in [2.45, 2.75) is 25.8 Å². The van der Waals surface area contributed by atoms with Crippen LogP contribution in [-0.4, -0.2) is 37.0 Å². The van der Waals surface area contributed by atoms with Crippen molar-refractivity contribution in [1.82, 2.24) is 29.9 Å². The molecule has 0 saturated heterocycles. The molecule has 0 radical (unpaired) electrons. The number of aromatic nitrogens is 5. The van der Waals surface area contributed by atoms with Gasteiger partial charge in [-0.3, -0.25) is 14.5 Å². The number of para-hydroxylation sites is 1. The Bertz CT molecular complexity index is 1350. The van der Waals surface area contributed by atoms with E-state index in [-0.39, 0.29) is 5.91 Å². The summed E-state index contributed by atoms with van der Waals surface area (Å²) in [4.78, 5) is 13.7. The number of nitrogens with one attached hydrogen (secondary N) is 2. The fraction of sp³-hybridized carbons (Fsp3) is 0.227. The van der Waals surface area contributed by atoms with Gasteiger partial charge in [-0.05, 0) is 55.6 Å². The number of anilines is 1. The van der Waals surface area contributed by atoms with Gasteiger partial charge >= 0.3 is 0 Å². The number of nitrogens with zero attached hydrogens (tertiary/aromatic N) is 5. The van der Waals surface area contributed by atoms with Crippen LogP contribution in [0.3, 0.4) is 0 Å². The molecule has 0 aliphatic heterocycles. The van der Waals surface area contributed by atoms with Crippen molar-refractivity contribution in [3.05, 3.63) is 63.9 Å². The van der Waals surface area contributed by atoms with Gasteiger partial charge in [-0.1, -0.05) is 24.3 Å². The van der Waals surface area contributed by atoms with Crippen LogP contribution in [0.15, 0.2) is 47.8 Å². The Labute approximate surface area is 199 Å². The minimum Gasteiger partial charge on any atom is -0.382 e. The first-order valence-corrected chi connectivity index (χ1v) is 11.6. The van der Waals surface area contributed by atoms with E-state index in [9.17, 15) is 10.1 Å². The summed E-state index contributed by atoms with van der Waals surface area (Å²) in [6.45, 7) is 2.21. The summed E-state index contributed by atoms with van der Waals surface area (Å²) >= 11 is 6.87. The number of benzene rings is 1. The molecule has 9 nitrogen and oxygen atoms in total. The first kappa shape index (κ1) is 22.4. The minimum atomic E-state index is -0.532. The average molecular weight is 479 g/mol. The number of thiophene rings is 1. The molecule has 1 amide bonds. The molecule has 33 heavy (non-hydrogen) atoms. The lowest BCUT2D eigenvalue weighted by molar-refractivity contribution is -0.123. The number of H-pyrrole nitrogens is 1. The molecule has 0 spiro atoms. The highest BCUT2D eigenvalue weighted by Crippen LogP contribution is 2.25. The molecule has 168 valence electrons. The van der Waals surface area contributed by atoms with Gasteiger partial charge in [0.2, 0.25) is 5.91 Å². The number of amides is 1. The molecule has 0 fully saturated rings. The summed E-state index contributed by atoms with van der Waals surface area (Å²) < 4.78 is 3.68. The van der Waals surface area contributed by atoms with Crippen molar-refractivity contribution in [1.29, 1.82) is 5.26 Å². The third-order valence-electron chi connectivity index (χ3n) is 5.21. The van der Waals surface area contributed by atoms with Crippen molar-refractivity contribution in [3.63, 3.8) is 0 Å². The molecule has 0 aliphatic carbocycles. The zero-order chi connectivity index (χ0) is 23.4. The fourth-order valence-corrected chi connectivity index (χ4v) is 4.52. The monoisotopic (exact) mass is 478 g/mol. The Morgan fingerprint density at radius 2 is 2.12 bits per heavy atom. The van der Waals surface area contributed by atoms with Crippen LogP contribution in [0.1, 0.15) is 30.6 Å². The number of aromatic amines is 1. The summed E-state index contributed by atoms with van der Waals surface area (Å²) in [6, 6.07) is 14.9. The highest BCUT2D eigenvalue weighted by atomic mass is 32.1. The molecule has 1 aromatic carbocycles. The second-order valence-corrected chi connectivity index (χ2v) is 8.67. The number of rotatable bonds is 8. The van der Waals surface area contributed by atoms with Gasteiger partial charge in [-0.25, -0.2) is 4.68 Å². The topological polar surface area (TPSA) is 130 Å². The van der Waals surface area contributed by atoms with E-state index in [1.165, 1.54) is 11.3 Å². The standard InChI is InChI=1S/C22H22N8OS2/c1-14(29-20(26-27-22(29)32)18-10-6-12-33-18)21(31)25-11-5-9-17-16(13-23)19(24)30(28-17)15-7-3-2-4-8-15/h2-4,6-8,10,12,14H,5,9,11,24H2,1H3,(H,25,31)(H,27,32). The lowest BCUT2D eigenvalue weighted by atomic mass is 10.1. The third kappa shape index (κ3) is 4.57. The summed E-state index contributed by atoms with van der Waals surface area (Å²) in [7, 11) is 0. The highest BCUT2D eigenvalue weighted by Gasteiger charge is 2.21. The molecule has 0 aliphatic rings. The minimum absolute atomic E-state index is 0.167. The van der Waals surface area contributed by atoms with Crippen molar-refractivity contribution < 1.29 is 4.79 Å². The van der Waals surface area contributed by atoms with E-state index in [0.717, 1.165) is 10.6 Å². The molecule has 4 N–H and O–H groups in total. The SMILES string of the molecule is CC(C(=O)NCCCc1nn(-c2ccccc2)c(N)c1C#N)n1c(-c2cccs2)n[nH]c1=S. The van der Waals surface area contributed by atoms with Crippen molar-refractivity contribution in [3.8, 4) is 22.5 Å². The Kier molecular flexibility index (Phi) is 6.67. The Balaban J connectivity index is 1.39. The molecule has 1 atom stereocenters. The maximum absolute atomic E-state index is 12.8. The van der Waals surface area contributed by atoms with Crippen LogP contribution in [0.25, 0.3) is 16.4 Å². The van der Waals surface area contributed by atoms with Crippen LogP contribution in [0.4, 0.5) is 5.82 Å². The van der Waals surface area contributed by atoms with E-state index in [4.69, 9.17) is 18.0 Å². The van der Waals surface area contributed by atoms with Crippen molar-refractivity contribution in [2.24, 2.45) is 0 Å². The van der Waals surface area contributed by atoms with E-state index < -0.39 is 6.04 Å². The number of carbonyl (C=O) groups is 1. The normalized spacial score (nSPS) is 11.8. The summed E-state index contributed by atoms with van der Waals surface area (Å²) in [5.41, 5.74) is 7.91. The second-order valence-electron chi connectivity index (χ2n) is 7.34. The first-order valence-electron chi connectivity index (χ1n) is 10.3. The molecule has 3 aromatic heterocycles. The van der Waals surface area contributed by atoms with E-state index in [0.29, 0.717) is 47.1 Å². The zero-order valence-corrected chi connectivity index (χ0v) is 19.5. The molecule has 4 aromatic rings. The Morgan fingerprint density at radius 1 is 1.33 bits per heavy atom. The lowest BCUT2D eigenvalue weighted by Crippen LogP contribution is -2.32. The highest BCUT2D eigenvalue weighted by molar-refractivity contribution is 7.71. The number of nitrogen functional groups attached to an aromatic ring is 1. The van der Waals surface area contributed by atoms with Crippen LogP contribution in [-0.2, 0) is 11.2 Å². The second kappa shape index (κ2) is 9.81. The fourth-order valence-electron chi connectivity index (χ4n) is 3.52. The first-order chi connectivity index (χ1) is 16.0. The van der Waals surface area contributed by atoms with Crippen LogP contribution < -0.4 is 11.1 Å². The van der Waals surface area contributed by atoms with Crippen molar-refractivity contribution >= 4 is 35.3 Å². The van der Waals surface area contributed by atoms with Crippen molar-refractivity contribution in [2.75, 3.05) is 12.3 Å². The van der Waals surface area contributed by atoms with Gasteiger partial charge in [0.05, 0.1) is 16.3 Å². The van der Waals surface area contributed by atoms with Gasteiger partial charge in [-0.15, -0.1) is 11.3 Å². The smallest absolute Gasteiger partial charge is 0.242 e.